The number of nitrogens with one attached hydrogen (secondary N) is 1. The van der Waals surface area contributed by atoms with E-state index in [0.717, 1.165) is 12.0 Å². The van der Waals surface area contributed by atoms with Gasteiger partial charge in [0, 0.05) is 13.6 Å². The molecule has 0 heterocycles. The van der Waals surface area contributed by atoms with Crippen LogP contribution in [0, 0.1) is 0 Å². The average Bonchev–Trinajstić information content (AvgIpc) is 2.46. The minimum atomic E-state index is -0.725. The van der Waals surface area contributed by atoms with Crippen molar-refractivity contribution >= 4 is 11.8 Å². The number of benzene rings is 1. The lowest BCUT2D eigenvalue weighted by Gasteiger charge is -2.24. The van der Waals surface area contributed by atoms with Crippen LogP contribution in [0.25, 0.3) is 0 Å². The monoisotopic (exact) mass is 263 g/mol. The first-order chi connectivity index (χ1) is 9.10. The average molecular weight is 263 g/mol. The summed E-state index contributed by atoms with van der Waals surface area (Å²) in [6.07, 6.45) is 0.782. The third-order valence-corrected chi connectivity index (χ3v) is 2.84. The van der Waals surface area contributed by atoms with Crippen LogP contribution < -0.4 is 11.1 Å². The van der Waals surface area contributed by atoms with E-state index in [1.807, 2.05) is 37.3 Å². The molecule has 0 fully saturated rings. The fraction of sp³-hybridized carbons (Fsp3) is 0.429. The molecule has 1 aromatic carbocycles. The van der Waals surface area contributed by atoms with Gasteiger partial charge in [-0.3, -0.25) is 9.59 Å². The van der Waals surface area contributed by atoms with Crippen molar-refractivity contribution in [2.75, 3.05) is 20.1 Å². The molecule has 19 heavy (non-hydrogen) atoms. The van der Waals surface area contributed by atoms with Crippen LogP contribution in [0.3, 0.4) is 0 Å². The Kier molecular flexibility index (Phi) is 6.02. The number of rotatable bonds is 6. The molecule has 1 unspecified atom stereocenters. The first kappa shape index (κ1) is 15.2. The second-order valence-corrected chi connectivity index (χ2v) is 4.32. The van der Waals surface area contributed by atoms with Crippen LogP contribution in [-0.4, -0.2) is 36.9 Å². The van der Waals surface area contributed by atoms with Gasteiger partial charge in [-0.2, -0.15) is 0 Å². The van der Waals surface area contributed by atoms with Gasteiger partial charge in [0.15, 0.2) is 0 Å². The highest BCUT2D eigenvalue weighted by Crippen LogP contribution is 2.13. The maximum absolute atomic E-state index is 12.3. The molecular formula is C14H21N3O2. The molecule has 0 spiro atoms. The van der Waals surface area contributed by atoms with Gasteiger partial charge in [0.2, 0.25) is 11.8 Å². The Hall–Kier alpha value is -1.88. The molecule has 0 saturated heterocycles. The molecule has 0 aliphatic rings. The number of carbonyl (C=O) groups is 2. The zero-order chi connectivity index (χ0) is 14.3. The van der Waals surface area contributed by atoms with E-state index < -0.39 is 6.04 Å². The third-order valence-electron chi connectivity index (χ3n) is 2.84. The van der Waals surface area contributed by atoms with Gasteiger partial charge in [-0.15, -0.1) is 0 Å². The van der Waals surface area contributed by atoms with Crippen LogP contribution in [-0.2, 0) is 9.59 Å². The van der Waals surface area contributed by atoms with Gasteiger partial charge in [-0.05, 0) is 12.0 Å². The zero-order valence-corrected chi connectivity index (χ0v) is 11.4. The Morgan fingerprint density at radius 3 is 2.47 bits per heavy atom. The molecule has 0 radical (unpaired) electrons. The summed E-state index contributed by atoms with van der Waals surface area (Å²) >= 11 is 0. The number of hydrogen-bond donors (Lipinski definition) is 2. The Morgan fingerprint density at radius 1 is 1.32 bits per heavy atom. The van der Waals surface area contributed by atoms with Crippen molar-refractivity contribution in [3.8, 4) is 0 Å². The largest absolute Gasteiger partial charge is 0.358 e. The standard InChI is InChI=1S/C14H21N3O2/c1-3-9-17(10-12(18)16-2)14(19)13(15)11-7-5-4-6-8-11/h4-8,13H,3,9-10,15H2,1-2H3,(H,16,18). The smallest absolute Gasteiger partial charge is 0.244 e. The fourth-order valence-corrected chi connectivity index (χ4v) is 1.79. The quantitative estimate of drug-likeness (QED) is 0.792. The summed E-state index contributed by atoms with van der Waals surface area (Å²) in [6, 6.07) is 8.45. The van der Waals surface area contributed by atoms with Gasteiger partial charge < -0.3 is 16.0 Å². The van der Waals surface area contributed by atoms with E-state index in [1.54, 1.807) is 7.05 Å². The zero-order valence-electron chi connectivity index (χ0n) is 11.4. The summed E-state index contributed by atoms with van der Waals surface area (Å²) in [5, 5.41) is 2.51. The van der Waals surface area contributed by atoms with Crippen LogP contribution in [0.2, 0.25) is 0 Å². The molecule has 0 aromatic heterocycles. The molecule has 0 saturated carbocycles. The molecule has 3 N–H and O–H groups in total. The minimum Gasteiger partial charge on any atom is -0.358 e. The van der Waals surface area contributed by atoms with Gasteiger partial charge in [-0.25, -0.2) is 0 Å². The first-order valence-electron chi connectivity index (χ1n) is 6.40. The molecule has 0 bridgehead atoms. The van der Waals surface area contributed by atoms with Crippen LogP contribution in [0.5, 0.6) is 0 Å². The van der Waals surface area contributed by atoms with Crippen LogP contribution in [0.15, 0.2) is 30.3 Å². The maximum atomic E-state index is 12.3. The van der Waals surface area contributed by atoms with Crippen molar-refractivity contribution in [1.82, 2.24) is 10.2 Å². The molecule has 1 atom stereocenters. The summed E-state index contributed by atoms with van der Waals surface area (Å²) < 4.78 is 0. The van der Waals surface area contributed by atoms with E-state index in [2.05, 4.69) is 5.32 Å². The van der Waals surface area contributed by atoms with E-state index >= 15 is 0 Å². The van der Waals surface area contributed by atoms with Crippen molar-refractivity contribution in [3.05, 3.63) is 35.9 Å². The van der Waals surface area contributed by atoms with E-state index in [4.69, 9.17) is 5.73 Å². The van der Waals surface area contributed by atoms with E-state index in [0.29, 0.717) is 6.54 Å². The molecule has 2 amide bonds. The number of nitrogens with two attached hydrogens (primary N) is 1. The van der Waals surface area contributed by atoms with Crippen molar-refractivity contribution < 1.29 is 9.59 Å². The third kappa shape index (κ3) is 4.37. The van der Waals surface area contributed by atoms with Gasteiger partial charge in [0.25, 0.3) is 0 Å². The normalized spacial score (nSPS) is 11.7. The van der Waals surface area contributed by atoms with Crippen LogP contribution >= 0.6 is 0 Å². The molecule has 104 valence electrons. The van der Waals surface area contributed by atoms with Crippen molar-refractivity contribution in [1.29, 1.82) is 0 Å². The van der Waals surface area contributed by atoms with Crippen molar-refractivity contribution in [2.24, 2.45) is 5.73 Å². The number of amides is 2. The Balaban J connectivity index is 2.78. The lowest BCUT2D eigenvalue weighted by Crippen LogP contribution is -2.44. The highest BCUT2D eigenvalue weighted by atomic mass is 16.2. The predicted molar refractivity (Wildman–Crippen MR) is 74.3 cm³/mol. The Morgan fingerprint density at radius 2 is 1.95 bits per heavy atom. The topological polar surface area (TPSA) is 75.4 Å². The second kappa shape index (κ2) is 7.53. The number of carbonyl (C=O) groups excluding carboxylic acids is 2. The van der Waals surface area contributed by atoms with Gasteiger partial charge in [0.1, 0.15) is 6.04 Å². The summed E-state index contributed by atoms with van der Waals surface area (Å²) in [5.41, 5.74) is 6.72. The van der Waals surface area contributed by atoms with E-state index in [-0.39, 0.29) is 18.4 Å². The summed E-state index contributed by atoms with van der Waals surface area (Å²) in [4.78, 5) is 25.2. The van der Waals surface area contributed by atoms with Crippen LogP contribution in [0.1, 0.15) is 24.9 Å². The SMILES string of the molecule is CCCN(CC(=O)NC)C(=O)C(N)c1ccccc1. The lowest BCUT2D eigenvalue weighted by atomic mass is 10.1. The van der Waals surface area contributed by atoms with Gasteiger partial charge >= 0.3 is 0 Å². The minimum absolute atomic E-state index is 0.0453. The number of nitrogens with zero attached hydrogens (tertiary/aromatic N) is 1. The summed E-state index contributed by atoms with van der Waals surface area (Å²) in [7, 11) is 1.55. The highest BCUT2D eigenvalue weighted by molar-refractivity contribution is 5.88. The maximum Gasteiger partial charge on any atom is 0.244 e. The molecule has 0 aliphatic heterocycles. The van der Waals surface area contributed by atoms with Gasteiger partial charge in [0.05, 0.1) is 6.54 Å². The van der Waals surface area contributed by atoms with E-state index in [9.17, 15) is 9.59 Å². The van der Waals surface area contributed by atoms with Gasteiger partial charge in [-0.1, -0.05) is 37.3 Å². The summed E-state index contributed by atoms with van der Waals surface area (Å²) in [6.45, 7) is 2.52. The lowest BCUT2D eigenvalue weighted by molar-refractivity contribution is -0.137. The molecule has 5 nitrogen and oxygen atoms in total. The number of likely N-dealkylation sites (N-methyl/N-ethyl adjacent to an activating group) is 1. The molecule has 0 aliphatic carbocycles. The Bertz CT molecular complexity index is 420. The summed E-state index contributed by atoms with van der Waals surface area (Å²) in [5.74, 6) is -0.418. The molecular weight excluding hydrogens is 242 g/mol. The first-order valence-corrected chi connectivity index (χ1v) is 6.40. The fourth-order valence-electron chi connectivity index (χ4n) is 1.79. The van der Waals surface area contributed by atoms with Crippen LogP contribution in [0.4, 0.5) is 0 Å². The molecule has 1 rings (SSSR count). The second-order valence-electron chi connectivity index (χ2n) is 4.32. The predicted octanol–water partition coefficient (Wildman–Crippen LogP) is 0.671. The Labute approximate surface area is 113 Å². The number of hydrogen-bond acceptors (Lipinski definition) is 3. The van der Waals surface area contributed by atoms with Crippen molar-refractivity contribution in [2.45, 2.75) is 19.4 Å². The highest BCUT2D eigenvalue weighted by Gasteiger charge is 2.23. The molecule has 1 aromatic rings. The molecule has 5 heteroatoms. The van der Waals surface area contributed by atoms with E-state index in [1.165, 1.54) is 4.90 Å². The van der Waals surface area contributed by atoms with Crippen molar-refractivity contribution in [3.63, 3.8) is 0 Å².